The van der Waals surface area contributed by atoms with Crippen LogP contribution in [0.3, 0.4) is 0 Å². The van der Waals surface area contributed by atoms with Crippen molar-refractivity contribution in [1.29, 1.82) is 0 Å². The average Bonchev–Trinajstić information content (AvgIpc) is 2.59. The van der Waals surface area contributed by atoms with Crippen LogP contribution in [0.5, 0.6) is 0 Å². The predicted molar refractivity (Wildman–Crippen MR) is 59.7 cm³/mol. The zero-order valence-electron chi connectivity index (χ0n) is 7.93. The Morgan fingerprint density at radius 2 is 2.07 bits per heavy atom. The van der Waals surface area contributed by atoms with Crippen molar-refractivity contribution in [1.82, 2.24) is 9.29 Å². The van der Waals surface area contributed by atoms with E-state index in [4.69, 9.17) is 0 Å². The Bertz CT molecular complexity index is 408. The Hall–Kier alpha value is -0.620. The van der Waals surface area contributed by atoms with Crippen LogP contribution >= 0.6 is 11.3 Å². The molecule has 2 rings (SSSR count). The van der Waals surface area contributed by atoms with Crippen molar-refractivity contribution in [3.05, 3.63) is 24.3 Å². The van der Waals surface area contributed by atoms with E-state index in [0.29, 0.717) is 4.34 Å². The van der Waals surface area contributed by atoms with Gasteiger partial charge in [0.2, 0.25) is 0 Å². The first-order valence-corrected chi connectivity index (χ1v) is 6.05. The summed E-state index contributed by atoms with van der Waals surface area (Å²) < 4.78 is 15.1. The van der Waals surface area contributed by atoms with Gasteiger partial charge in [0.05, 0.1) is 10.2 Å². The minimum atomic E-state index is -1.13. The predicted octanol–water partition coefficient (Wildman–Crippen LogP) is 1.88. The van der Waals surface area contributed by atoms with Crippen LogP contribution in [0.1, 0.15) is 0 Å². The maximum Gasteiger partial charge on any atom is 0.324 e. The van der Waals surface area contributed by atoms with Gasteiger partial charge in [-0.05, 0) is 12.1 Å². The summed E-state index contributed by atoms with van der Waals surface area (Å²) >= 11 is 0.354. The molecular formula is C9H10N2OS2. The Kier molecular flexibility index (Phi) is 2.73. The van der Waals surface area contributed by atoms with E-state index in [1.807, 2.05) is 24.3 Å². The van der Waals surface area contributed by atoms with Crippen LogP contribution in [-0.2, 0) is 11.4 Å². The van der Waals surface area contributed by atoms with Crippen LogP contribution in [0.15, 0.2) is 28.6 Å². The minimum Gasteiger partial charge on any atom is -0.591 e. The number of hydrogen-bond donors (Lipinski definition) is 0. The summed E-state index contributed by atoms with van der Waals surface area (Å²) in [5.41, 5.74) is 0.919. The van der Waals surface area contributed by atoms with Gasteiger partial charge in [-0.1, -0.05) is 23.5 Å². The number of hydrogen-bond acceptors (Lipinski definition) is 4. The zero-order chi connectivity index (χ0) is 10.1. The monoisotopic (exact) mass is 226 g/mol. The fourth-order valence-corrected chi connectivity index (χ4v) is 3.27. The van der Waals surface area contributed by atoms with Crippen LogP contribution in [0, 0.1) is 0 Å². The van der Waals surface area contributed by atoms with E-state index in [1.54, 1.807) is 18.4 Å². The fraction of sp³-hybridized carbons (Fsp3) is 0.222. The third kappa shape index (κ3) is 1.76. The van der Waals surface area contributed by atoms with Gasteiger partial charge < -0.3 is 4.55 Å². The first-order chi connectivity index (χ1) is 6.68. The lowest BCUT2D eigenvalue weighted by Gasteiger charge is -2.11. The van der Waals surface area contributed by atoms with Gasteiger partial charge >= 0.3 is 4.34 Å². The molecule has 1 heterocycles. The second-order valence-electron chi connectivity index (χ2n) is 3.01. The number of benzene rings is 1. The molecule has 1 aromatic heterocycles. The Morgan fingerprint density at radius 1 is 1.36 bits per heavy atom. The molecule has 0 spiro atoms. The highest BCUT2D eigenvalue weighted by molar-refractivity contribution is 7.91. The standard InChI is InChI=1S/C9H10N2OS2/c1-11(2)14(12)9-10-7-5-3-4-6-8(7)13-9/h3-6H,1-2H3. The third-order valence-corrected chi connectivity index (χ3v) is 4.32. The van der Waals surface area contributed by atoms with Crippen molar-refractivity contribution in [3.63, 3.8) is 0 Å². The van der Waals surface area contributed by atoms with Crippen LogP contribution in [0.25, 0.3) is 10.2 Å². The molecule has 0 aliphatic rings. The van der Waals surface area contributed by atoms with Crippen LogP contribution in [-0.4, -0.2) is 27.9 Å². The van der Waals surface area contributed by atoms with E-state index in [9.17, 15) is 4.55 Å². The summed E-state index contributed by atoms with van der Waals surface area (Å²) in [7, 11) is 3.56. The number of rotatable bonds is 2. The van der Waals surface area contributed by atoms with Gasteiger partial charge in [-0.2, -0.15) is 4.98 Å². The summed E-state index contributed by atoms with van der Waals surface area (Å²) in [6.45, 7) is 0. The molecule has 14 heavy (non-hydrogen) atoms. The van der Waals surface area contributed by atoms with Gasteiger partial charge in [0.15, 0.2) is 0 Å². The minimum absolute atomic E-state index is 0.663. The summed E-state index contributed by atoms with van der Waals surface area (Å²) in [6.07, 6.45) is 0. The Morgan fingerprint density at radius 3 is 2.71 bits per heavy atom. The molecule has 2 aromatic rings. The molecule has 0 saturated carbocycles. The van der Waals surface area contributed by atoms with Gasteiger partial charge in [0.1, 0.15) is 11.4 Å². The van der Waals surface area contributed by atoms with Crippen LogP contribution in [0.2, 0.25) is 0 Å². The number of nitrogens with zero attached hydrogens (tertiary/aromatic N) is 2. The molecule has 0 radical (unpaired) electrons. The van der Waals surface area contributed by atoms with E-state index < -0.39 is 11.4 Å². The van der Waals surface area contributed by atoms with Crippen molar-refractivity contribution in [2.24, 2.45) is 0 Å². The molecule has 0 aliphatic heterocycles. The second kappa shape index (κ2) is 3.86. The molecule has 0 bridgehead atoms. The molecule has 5 heteroatoms. The summed E-state index contributed by atoms with van der Waals surface area (Å²) in [5.74, 6) is 0. The van der Waals surface area contributed by atoms with E-state index in [0.717, 1.165) is 10.2 Å². The van der Waals surface area contributed by atoms with Crippen molar-refractivity contribution < 1.29 is 4.55 Å². The molecule has 1 unspecified atom stereocenters. The number of aromatic nitrogens is 1. The first-order valence-electron chi connectivity index (χ1n) is 4.13. The fourth-order valence-electron chi connectivity index (χ4n) is 1.08. The summed E-state index contributed by atoms with van der Waals surface area (Å²) in [6, 6.07) is 7.82. The summed E-state index contributed by atoms with van der Waals surface area (Å²) in [4.78, 5) is 4.31. The highest BCUT2D eigenvalue weighted by Crippen LogP contribution is 2.26. The van der Waals surface area contributed by atoms with Gasteiger partial charge in [0, 0.05) is 14.1 Å². The topological polar surface area (TPSA) is 39.2 Å². The maximum absolute atomic E-state index is 11.7. The molecule has 0 amide bonds. The Labute approximate surface area is 89.7 Å². The second-order valence-corrected chi connectivity index (χ2v) is 5.91. The summed E-state index contributed by atoms with van der Waals surface area (Å²) in [5, 5.41) is 0. The van der Waals surface area contributed by atoms with Crippen molar-refractivity contribution in [2.75, 3.05) is 14.1 Å². The molecule has 0 aliphatic carbocycles. The van der Waals surface area contributed by atoms with Gasteiger partial charge in [-0.3, -0.25) is 0 Å². The SMILES string of the molecule is CN(C)[S+]([O-])c1nc2ccccc2s1. The molecule has 74 valence electrons. The lowest BCUT2D eigenvalue weighted by molar-refractivity contribution is 0.519. The van der Waals surface area contributed by atoms with Crippen LogP contribution < -0.4 is 0 Å². The maximum atomic E-state index is 11.7. The average molecular weight is 226 g/mol. The van der Waals surface area contributed by atoms with E-state index in [2.05, 4.69) is 4.98 Å². The van der Waals surface area contributed by atoms with Gasteiger partial charge in [0.25, 0.3) is 0 Å². The van der Waals surface area contributed by atoms with Gasteiger partial charge in [-0.25, -0.2) is 0 Å². The number of fused-ring (bicyclic) bond motifs is 1. The van der Waals surface area contributed by atoms with Crippen molar-refractivity contribution in [2.45, 2.75) is 4.34 Å². The highest BCUT2D eigenvalue weighted by atomic mass is 32.2. The first kappa shape index (κ1) is 9.92. The zero-order valence-corrected chi connectivity index (χ0v) is 9.56. The van der Waals surface area contributed by atoms with E-state index in [-0.39, 0.29) is 0 Å². The lowest BCUT2D eigenvalue weighted by atomic mass is 10.3. The van der Waals surface area contributed by atoms with Crippen molar-refractivity contribution in [3.8, 4) is 0 Å². The smallest absolute Gasteiger partial charge is 0.324 e. The Balaban J connectivity index is 2.45. The third-order valence-electron chi connectivity index (χ3n) is 1.76. The van der Waals surface area contributed by atoms with E-state index in [1.165, 1.54) is 11.3 Å². The van der Waals surface area contributed by atoms with E-state index >= 15 is 0 Å². The molecule has 1 aromatic carbocycles. The molecule has 0 fully saturated rings. The molecule has 0 N–H and O–H groups in total. The highest BCUT2D eigenvalue weighted by Gasteiger charge is 2.19. The number of thiazole rings is 1. The molecular weight excluding hydrogens is 216 g/mol. The lowest BCUT2D eigenvalue weighted by Crippen LogP contribution is -2.21. The molecule has 1 atom stereocenters. The quantitative estimate of drug-likeness (QED) is 0.734. The largest absolute Gasteiger partial charge is 0.591 e. The molecule has 0 saturated heterocycles. The number of para-hydroxylation sites is 1. The van der Waals surface area contributed by atoms with Crippen molar-refractivity contribution >= 4 is 32.9 Å². The van der Waals surface area contributed by atoms with Crippen LogP contribution in [0.4, 0.5) is 0 Å². The normalized spacial score (nSPS) is 13.7. The molecule has 3 nitrogen and oxygen atoms in total. The van der Waals surface area contributed by atoms with Gasteiger partial charge in [-0.15, -0.1) is 4.31 Å².